The molecule has 6 rings (SSSR count). The lowest BCUT2D eigenvalue weighted by Crippen LogP contribution is -2.03. The van der Waals surface area contributed by atoms with Crippen molar-refractivity contribution in [1.82, 2.24) is 0 Å². The molecule has 0 spiro atoms. The second-order valence-corrected chi connectivity index (χ2v) is 9.81. The lowest BCUT2D eigenvalue weighted by atomic mass is 10.0. The molecule has 0 unspecified atom stereocenters. The van der Waals surface area contributed by atoms with Gasteiger partial charge in [0.1, 0.15) is 0 Å². The van der Waals surface area contributed by atoms with E-state index in [2.05, 4.69) is 48.5 Å². The average molecular weight is 541 g/mol. The molecule has 0 bridgehead atoms. The number of carbonyl (C=O) groups is 1. The van der Waals surface area contributed by atoms with Gasteiger partial charge in [-0.3, -0.25) is 4.79 Å². The number of carbonyl (C=O) groups excluding carboxylic acids is 1. The van der Waals surface area contributed by atoms with Gasteiger partial charge >= 0.3 is 0 Å². The maximum atomic E-state index is 13.3. The van der Waals surface area contributed by atoms with E-state index in [9.17, 15) is 4.79 Å². The first-order valence-electron chi connectivity index (χ1n) is 13.9. The molecule has 0 aliphatic carbocycles. The van der Waals surface area contributed by atoms with E-state index in [1.165, 1.54) is 0 Å². The van der Waals surface area contributed by atoms with Gasteiger partial charge in [-0.25, -0.2) is 9.98 Å². The Bertz CT molecular complexity index is 1600. The Morgan fingerprint density at radius 1 is 0.310 bits per heavy atom. The van der Waals surface area contributed by atoms with Gasteiger partial charge in [0.25, 0.3) is 0 Å². The molecule has 200 valence electrons. The summed E-state index contributed by atoms with van der Waals surface area (Å²) in [7, 11) is 0. The van der Waals surface area contributed by atoms with Gasteiger partial charge in [-0.2, -0.15) is 0 Å². The predicted molar refractivity (Wildman–Crippen MR) is 173 cm³/mol. The third-order valence-corrected chi connectivity index (χ3v) is 6.93. The zero-order valence-electron chi connectivity index (χ0n) is 23.0. The second-order valence-electron chi connectivity index (χ2n) is 9.81. The summed E-state index contributed by atoms with van der Waals surface area (Å²) in [5, 5.41) is 0. The first kappa shape index (κ1) is 26.5. The Morgan fingerprint density at radius 3 is 0.833 bits per heavy atom. The van der Waals surface area contributed by atoms with Crippen molar-refractivity contribution in [3.63, 3.8) is 0 Å². The summed E-state index contributed by atoms with van der Waals surface area (Å²) in [6.45, 7) is 0. The molecule has 6 aromatic rings. The predicted octanol–water partition coefficient (Wildman–Crippen LogP) is 9.26. The molecule has 3 nitrogen and oxygen atoms in total. The van der Waals surface area contributed by atoms with Gasteiger partial charge in [-0.1, -0.05) is 121 Å². The molecular formula is C39H28N2O. The average Bonchev–Trinajstić information content (AvgIpc) is 3.08. The fraction of sp³-hybridized carbons (Fsp3) is 0. The Hall–Kier alpha value is -5.67. The first-order chi connectivity index (χ1) is 20.7. The van der Waals surface area contributed by atoms with E-state index >= 15 is 0 Å². The van der Waals surface area contributed by atoms with Crippen LogP contribution in [0.15, 0.2) is 180 Å². The van der Waals surface area contributed by atoms with Crippen molar-refractivity contribution in [3.8, 4) is 0 Å². The lowest BCUT2D eigenvalue weighted by molar-refractivity contribution is 0.103. The normalized spacial score (nSPS) is 10.5. The van der Waals surface area contributed by atoms with Crippen molar-refractivity contribution in [2.24, 2.45) is 9.98 Å². The van der Waals surface area contributed by atoms with E-state index in [1.807, 2.05) is 121 Å². The zero-order valence-corrected chi connectivity index (χ0v) is 23.0. The van der Waals surface area contributed by atoms with Crippen LogP contribution >= 0.6 is 0 Å². The number of nitrogens with zero attached hydrogens (tertiary/aromatic N) is 2. The van der Waals surface area contributed by atoms with E-state index in [0.717, 1.165) is 45.1 Å². The summed E-state index contributed by atoms with van der Waals surface area (Å²) in [5.74, 6) is -0.0428. The molecule has 0 amide bonds. The molecule has 0 aliphatic rings. The maximum absolute atomic E-state index is 13.3. The molecule has 0 atom stereocenters. The van der Waals surface area contributed by atoms with E-state index in [0.29, 0.717) is 11.1 Å². The summed E-state index contributed by atoms with van der Waals surface area (Å²) >= 11 is 0. The van der Waals surface area contributed by atoms with Crippen LogP contribution in [-0.2, 0) is 0 Å². The minimum atomic E-state index is -0.0428. The molecule has 0 aliphatic heterocycles. The number of benzene rings is 6. The summed E-state index contributed by atoms with van der Waals surface area (Å²) in [4.78, 5) is 23.2. The molecule has 0 radical (unpaired) electrons. The molecule has 6 aromatic carbocycles. The van der Waals surface area contributed by atoms with E-state index in [4.69, 9.17) is 9.98 Å². The lowest BCUT2D eigenvalue weighted by Gasteiger charge is -2.09. The highest BCUT2D eigenvalue weighted by Crippen LogP contribution is 2.23. The Morgan fingerprint density at radius 2 is 0.571 bits per heavy atom. The fourth-order valence-electron chi connectivity index (χ4n) is 4.78. The number of hydrogen-bond acceptors (Lipinski definition) is 3. The molecular weight excluding hydrogens is 512 g/mol. The Labute approximate surface area is 246 Å². The second kappa shape index (κ2) is 12.7. The SMILES string of the molecule is O=C(c1ccc(N=C(c2ccccc2)c2ccccc2)cc1)c1ccc(N=C(c2ccccc2)c2ccccc2)cc1. The fourth-order valence-corrected chi connectivity index (χ4v) is 4.78. The molecule has 0 N–H and O–H groups in total. The van der Waals surface area contributed by atoms with Crippen molar-refractivity contribution in [2.45, 2.75) is 0 Å². The topological polar surface area (TPSA) is 41.8 Å². The van der Waals surface area contributed by atoms with E-state index in [1.54, 1.807) is 0 Å². The van der Waals surface area contributed by atoms with Gasteiger partial charge in [0, 0.05) is 33.4 Å². The highest BCUT2D eigenvalue weighted by atomic mass is 16.1. The van der Waals surface area contributed by atoms with Crippen LogP contribution in [-0.4, -0.2) is 17.2 Å². The van der Waals surface area contributed by atoms with Crippen LogP contribution < -0.4 is 0 Å². The van der Waals surface area contributed by atoms with Crippen LogP contribution in [0.3, 0.4) is 0 Å². The quantitative estimate of drug-likeness (QED) is 0.140. The number of ketones is 1. The standard InChI is InChI=1S/C39H28N2O/c42-39(33-21-25-35(26-22-33)40-37(29-13-5-1-6-14-29)30-15-7-2-8-16-30)34-23-27-36(28-24-34)41-38(31-17-9-3-10-18-31)32-19-11-4-12-20-32/h1-28H. The monoisotopic (exact) mass is 540 g/mol. The Balaban J connectivity index is 1.25. The molecule has 42 heavy (non-hydrogen) atoms. The van der Waals surface area contributed by atoms with E-state index < -0.39 is 0 Å². The molecule has 3 heteroatoms. The Kier molecular flexibility index (Phi) is 8.01. The van der Waals surface area contributed by atoms with Gasteiger partial charge in [-0.05, 0) is 48.5 Å². The van der Waals surface area contributed by atoms with Crippen molar-refractivity contribution in [3.05, 3.63) is 203 Å². The number of rotatable bonds is 8. The summed E-state index contributed by atoms with van der Waals surface area (Å²) in [6, 6.07) is 55.4. The minimum Gasteiger partial charge on any atom is -0.289 e. The third kappa shape index (κ3) is 6.22. The number of aliphatic imine (C=N–C) groups is 2. The largest absolute Gasteiger partial charge is 0.289 e. The molecule has 0 heterocycles. The van der Waals surface area contributed by atoms with Crippen LogP contribution in [0.25, 0.3) is 0 Å². The van der Waals surface area contributed by atoms with Gasteiger partial charge in [0.2, 0.25) is 0 Å². The van der Waals surface area contributed by atoms with Crippen molar-refractivity contribution >= 4 is 28.6 Å². The minimum absolute atomic E-state index is 0.0428. The van der Waals surface area contributed by atoms with Crippen molar-refractivity contribution in [2.75, 3.05) is 0 Å². The van der Waals surface area contributed by atoms with Gasteiger partial charge < -0.3 is 0 Å². The smallest absolute Gasteiger partial charge is 0.193 e. The summed E-state index contributed by atoms with van der Waals surface area (Å²) < 4.78 is 0. The molecule has 0 fully saturated rings. The number of hydrogen-bond donors (Lipinski definition) is 0. The highest BCUT2D eigenvalue weighted by molar-refractivity contribution is 6.15. The highest BCUT2D eigenvalue weighted by Gasteiger charge is 2.12. The molecule has 0 aromatic heterocycles. The molecule has 0 saturated heterocycles. The van der Waals surface area contributed by atoms with Gasteiger partial charge in [-0.15, -0.1) is 0 Å². The third-order valence-electron chi connectivity index (χ3n) is 6.93. The summed E-state index contributed by atoms with van der Waals surface area (Å²) in [6.07, 6.45) is 0. The van der Waals surface area contributed by atoms with Gasteiger partial charge in [0.05, 0.1) is 22.8 Å². The maximum Gasteiger partial charge on any atom is 0.193 e. The van der Waals surface area contributed by atoms with Crippen molar-refractivity contribution < 1.29 is 4.79 Å². The van der Waals surface area contributed by atoms with Crippen molar-refractivity contribution in [1.29, 1.82) is 0 Å². The van der Waals surface area contributed by atoms with Gasteiger partial charge in [0.15, 0.2) is 5.78 Å². The molecule has 0 saturated carbocycles. The van der Waals surface area contributed by atoms with Crippen LogP contribution in [0.5, 0.6) is 0 Å². The van der Waals surface area contributed by atoms with E-state index in [-0.39, 0.29) is 5.78 Å². The van der Waals surface area contributed by atoms with Crippen LogP contribution in [0, 0.1) is 0 Å². The van der Waals surface area contributed by atoms with Crippen LogP contribution in [0.4, 0.5) is 11.4 Å². The van der Waals surface area contributed by atoms with Crippen LogP contribution in [0.1, 0.15) is 38.2 Å². The zero-order chi connectivity index (χ0) is 28.6. The van der Waals surface area contributed by atoms with Crippen LogP contribution in [0.2, 0.25) is 0 Å². The first-order valence-corrected chi connectivity index (χ1v) is 13.9. The summed E-state index contributed by atoms with van der Waals surface area (Å²) in [5.41, 5.74) is 8.71.